The number of nitrogens with zero attached hydrogens (tertiary/aromatic N) is 2. The summed E-state index contributed by atoms with van der Waals surface area (Å²) in [5.41, 5.74) is 3.32. The van der Waals surface area contributed by atoms with Gasteiger partial charge in [-0.2, -0.15) is 5.26 Å². The molecule has 4 aromatic carbocycles. The highest BCUT2D eigenvalue weighted by atomic mass is 16.7. The predicted octanol–water partition coefficient (Wildman–Crippen LogP) is 5.93. The number of fused-ring (bicyclic) bond motifs is 2. The zero-order valence-corrected chi connectivity index (χ0v) is 15.7. The average molecular weight is 364 g/mol. The molecule has 0 aliphatic carbocycles. The Morgan fingerprint density at radius 1 is 0.893 bits per heavy atom. The van der Waals surface area contributed by atoms with E-state index in [-0.39, 0.29) is 12.0 Å². The Morgan fingerprint density at radius 2 is 1.57 bits per heavy atom. The Kier molecular flexibility index (Phi) is 4.00. The van der Waals surface area contributed by atoms with Crippen molar-refractivity contribution in [3.05, 3.63) is 90.0 Å². The van der Waals surface area contributed by atoms with E-state index in [0.717, 1.165) is 5.69 Å². The van der Waals surface area contributed by atoms with Gasteiger partial charge >= 0.3 is 0 Å². The molecule has 1 heterocycles. The van der Waals surface area contributed by atoms with Crippen LogP contribution < -0.4 is 5.06 Å². The van der Waals surface area contributed by atoms with E-state index in [4.69, 9.17) is 4.84 Å². The first-order valence-electron chi connectivity index (χ1n) is 9.55. The Morgan fingerprint density at radius 3 is 2.21 bits per heavy atom. The number of hydrogen-bond donors (Lipinski definition) is 0. The molecular weight excluding hydrogens is 344 g/mol. The van der Waals surface area contributed by atoms with Crippen LogP contribution in [-0.2, 0) is 4.84 Å². The molecular formula is C25H20N2O. The molecule has 136 valence electrons. The third kappa shape index (κ3) is 2.62. The lowest BCUT2D eigenvalue weighted by Gasteiger charge is -2.28. The van der Waals surface area contributed by atoms with E-state index in [1.165, 1.54) is 32.7 Å². The maximum atomic E-state index is 9.90. The summed E-state index contributed by atoms with van der Waals surface area (Å²) in [5, 5.41) is 16.6. The molecule has 0 bridgehead atoms. The van der Waals surface area contributed by atoms with Gasteiger partial charge in [-0.25, -0.2) is 5.06 Å². The molecule has 3 heteroatoms. The third-order valence-electron chi connectivity index (χ3n) is 5.56. The van der Waals surface area contributed by atoms with Crippen molar-refractivity contribution in [2.45, 2.75) is 13.0 Å². The van der Waals surface area contributed by atoms with Crippen molar-refractivity contribution in [1.29, 1.82) is 5.26 Å². The molecule has 5 rings (SSSR count). The second-order valence-corrected chi connectivity index (χ2v) is 7.37. The van der Waals surface area contributed by atoms with Gasteiger partial charge in [0, 0.05) is 0 Å². The standard InChI is InChI=1S/C25H20N2O/c1-17-7-6-10-21(13-17)27-25(20(15-26)16-28-27)24-22-11-4-2-8-18(22)14-19-9-3-5-12-23(19)24/h2-14,20,25H,16H2,1H3. The molecule has 3 nitrogen and oxygen atoms in total. The topological polar surface area (TPSA) is 36.3 Å². The summed E-state index contributed by atoms with van der Waals surface area (Å²) in [5.74, 6) is -0.241. The Bertz CT molecular complexity index is 1170. The number of benzene rings is 4. The van der Waals surface area contributed by atoms with Crippen molar-refractivity contribution >= 4 is 27.2 Å². The number of rotatable bonds is 2. The highest BCUT2D eigenvalue weighted by molar-refractivity contribution is 6.03. The van der Waals surface area contributed by atoms with E-state index in [2.05, 4.69) is 79.7 Å². The van der Waals surface area contributed by atoms with E-state index in [1.807, 2.05) is 17.2 Å². The fourth-order valence-electron chi connectivity index (χ4n) is 4.29. The first-order chi connectivity index (χ1) is 13.8. The Balaban J connectivity index is 1.81. The van der Waals surface area contributed by atoms with Crippen molar-refractivity contribution < 1.29 is 4.84 Å². The summed E-state index contributed by atoms with van der Waals surface area (Å²) in [4.78, 5) is 6.07. The van der Waals surface area contributed by atoms with Gasteiger partial charge in [0.1, 0.15) is 6.04 Å². The summed E-state index contributed by atoms with van der Waals surface area (Å²) >= 11 is 0. The molecule has 1 aliphatic heterocycles. The third-order valence-corrected chi connectivity index (χ3v) is 5.56. The van der Waals surface area contributed by atoms with E-state index in [9.17, 15) is 5.26 Å². The molecule has 0 radical (unpaired) electrons. The highest BCUT2D eigenvalue weighted by Crippen LogP contribution is 2.44. The number of aryl methyl sites for hydroxylation is 1. The molecule has 4 aromatic rings. The van der Waals surface area contributed by atoms with Crippen molar-refractivity contribution in [3.63, 3.8) is 0 Å². The molecule has 0 saturated carbocycles. The van der Waals surface area contributed by atoms with Gasteiger partial charge in [0.25, 0.3) is 0 Å². The van der Waals surface area contributed by atoms with Crippen molar-refractivity contribution in [3.8, 4) is 6.07 Å². The minimum Gasteiger partial charge on any atom is -0.271 e. The molecule has 0 aromatic heterocycles. The van der Waals surface area contributed by atoms with Crippen LogP contribution in [0.25, 0.3) is 21.5 Å². The van der Waals surface area contributed by atoms with Gasteiger partial charge in [0.05, 0.1) is 24.3 Å². The van der Waals surface area contributed by atoms with Crippen LogP contribution in [0.1, 0.15) is 17.2 Å². The van der Waals surface area contributed by atoms with Gasteiger partial charge < -0.3 is 0 Å². The minimum atomic E-state index is -0.241. The lowest BCUT2D eigenvalue weighted by atomic mass is 9.87. The van der Waals surface area contributed by atoms with Crippen LogP contribution in [0, 0.1) is 24.2 Å². The van der Waals surface area contributed by atoms with Crippen LogP contribution in [0.15, 0.2) is 78.9 Å². The number of hydrogen-bond acceptors (Lipinski definition) is 3. The smallest absolute Gasteiger partial charge is 0.101 e. The van der Waals surface area contributed by atoms with Crippen LogP contribution >= 0.6 is 0 Å². The van der Waals surface area contributed by atoms with E-state index in [0.29, 0.717) is 6.61 Å². The first kappa shape index (κ1) is 16.8. The van der Waals surface area contributed by atoms with Crippen molar-refractivity contribution in [1.82, 2.24) is 0 Å². The Labute approximate surface area is 164 Å². The van der Waals surface area contributed by atoms with Crippen LogP contribution in [0.3, 0.4) is 0 Å². The van der Waals surface area contributed by atoms with Gasteiger partial charge in [0.15, 0.2) is 0 Å². The molecule has 0 N–H and O–H groups in total. The zero-order chi connectivity index (χ0) is 19.1. The fourth-order valence-corrected chi connectivity index (χ4v) is 4.29. The van der Waals surface area contributed by atoms with Gasteiger partial charge in [-0.05, 0) is 57.8 Å². The molecule has 0 spiro atoms. The van der Waals surface area contributed by atoms with Crippen molar-refractivity contribution in [2.24, 2.45) is 5.92 Å². The summed E-state index contributed by atoms with van der Waals surface area (Å²) in [6.45, 7) is 2.47. The number of anilines is 1. The van der Waals surface area contributed by atoms with E-state index >= 15 is 0 Å². The second-order valence-electron chi connectivity index (χ2n) is 7.37. The van der Waals surface area contributed by atoms with Crippen LogP contribution in [0.5, 0.6) is 0 Å². The molecule has 0 amide bonds. The lowest BCUT2D eigenvalue weighted by molar-refractivity contribution is 0.156. The normalized spacial score (nSPS) is 19.2. The van der Waals surface area contributed by atoms with E-state index in [1.54, 1.807) is 0 Å². The Hall–Kier alpha value is -3.35. The maximum absolute atomic E-state index is 9.90. The van der Waals surface area contributed by atoms with Crippen LogP contribution in [0.4, 0.5) is 5.69 Å². The number of nitriles is 1. The quantitative estimate of drug-likeness (QED) is 0.413. The van der Waals surface area contributed by atoms with Gasteiger partial charge in [0.2, 0.25) is 0 Å². The average Bonchev–Trinajstić information content (AvgIpc) is 3.15. The summed E-state index contributed by atoms with van der Waals surface area (Å²) in [6.07, 6.45) is 0. The first-order valence-corrected chi connectivity index (χ1v) is 9.55. The highest BCUT2D eigenvalue weighted by Gasteiger charge is 2.39. The zero-order valence-electron chi connectivity index (χ0n) is 15.7. The SMILES string of the molecule is Cc1cccc(N2OCC(C#N)C2c2c3ccccc3cc3ccccc23)c1. The van der Waals surface area contributed by atoms with Crippen molar-refractivity contribution in [2.75, 3.05) is 11.7 Å². The predicted molar refractivity (Wildman–Crippen MR) is 113 cm³/mol. The molecule has 2 unspecified atom stereocenters. The minimum absolute atomic E-state index is 0.164. The monoisotopic (exact) mass is 364 g/mol. The lowest BCUT2D eigenvalue weighted by Crippen LogP contribution is -2.24. The van der Waals surface area contributed by atoms with Gasteiger partial charge in [-0.1, -0.05) is 60.7 Å². The molecule has 1 fully saturated rings. The summed E-state index contributed by atoms with van der Waals surface area (Å²) < 4.78 is 0. The van der Waals surface area contributed by atoms with Crippen LogP contribution in [-0.4, -0.2) is 6.61 Å². The van der Waals surface area contributed by atoms with E-state index < -0.39 is 0 Å². The van der Waals surface area contributed by atoms with Gasteiger partial charge in [-0.15, -0.1) is 0 Å². The van der Waals surface area contributed by atoms with Crippen LogP contribution in [0.2, 0.25) is 0 Å². The largest absolute Gasteiger partial charge is 0.271 e. The molecule has 1 aliphatic rings. The fraction of sp³-hybridized carbons (Fsp3) is 0.160. The second kappa shape index (κ2) is 6.67. The molecule has 28 heavy (non-hydrogen) atoms. The maximum Gasteiger partial charge on any atom is 0.101 e. The molecule has 2 atom stereocenters. The van der Waals surface area contributed by atoms with Gasteiger partial charge in [-0.3, -0.25) is 4.84 Å². The number of hydroxylamine groups is 1. The summed E-state index contributed by atoms with van der Waals surface area (Å²) in [6, 6.07) is 29.6. The summed E-state index contributed by atoms with van der Waals surface area (Å²) in [7, 11) is 0. The molecule has 1 saturated heterocycles.